The molecule has 1 saturated carbocycles. The smallest absolute Gasteiger partial charge is 0.305 e. The highest BCUT2D eigenvalue weighted by Gasteiger charge is 2.41. The van der Waals surface area contributed by atoms with Crippen LogP contribution in [0.2, 0.25) is 0 Å². The summed E-state index contributed by atoms with van der Waals surface area (Å²) in [4.78, 5) is 11.2. The first-order valence-corrected chi connectivity index (χ1v) is 11.7. The van der Waals surface area contributed by atoms with Gasteiger partial charge in [-0.1, -0.05) is 62.6 Å². The molecule has 1 fully saturated rings. The number of hydrogen-bond acceptors (Lipinski definition) is 4. The van der Waals surface area contributed by atoms with E-state index < -0.39 is 12.2 Å². The number of aliphatic hydroxyl groups excluding tert-OH is 2. The molecule has 0 aliphatic heterocycles. The second kappa shape index (κ2) is 13.1. The Labute approximate surface area is 186 Å². The molecule has 4 nitrogen and oxygen atoms in total. The van der Waals surface area contributed by atoms with Crippen molar-refractivity contribution in [3.8, 4) is 0 Å². The normalized spacial score (nSPS) is 25.0. The van der Waals surface area contributed by atoms with Crippen molar-refractivity contribution < 1.29 is 19.7 Å². The van der Waals surface area contributed by atoms with E-state index in [9.17, 15) is 15.0 Å². The molecule has 168 valence electrons. The Bertz CT molecular complexity index is 658. The Kier molecular flexibility index (Phi) is 10.9. The quantitative estimate of drug-likeness (QED) is 0.192. The maximum absolute atomic E-state index is 11.2. The van der Waals surface area contributed by atoms with Gasteiger partial charge in [-0.3, -0.25) is 4.79 Å². The highest BCUT2D eigenvalue weighted by Crippen LogP contribution is 2.45. The summed E-state index contributed by atoms with van der Waals surface area (Å²) in [5, 5.41) is 20.9. The first-order chi connectivity index (χ1) is 14.5. The largest absolute Gasteiger partial charge is 0.469 e. The molecule has 0 amide bonds. The summed E-state index contributed by atoms with van der Waals surface area (Å²) in [5.41, 5.74) is 2.02. The number of esters is 1. The molecule has 0 bridgehead atoms. The topological polar surface area (TPSA) is 66.8 Å². The minimum Gasteiger partial charge on any atom is -0.469 e. The van der Waals surface area contributed by atoms with Gasteiger partial charge < -0.3 is 14.9 Å². The molecule has 1 aromatic rings. The van der Waals surface area contributed by atoms with Gasteiger partial charge in [0.2, 0.25) is 0 Å². The van der Waals surface area contributed by atoms with Gasteiger partial charge in [0.1, 0.15) is 0 Å². The van der Waals surface area contributed by atoms with Crippen LogP contribution in [0, 0.1) is 5.92 Å². The van der Waals surface area contributed by atoms with E-state index in [1.165, 1.54) is 7.11 Å². The molecule has 4 unspecified atom stereocenters. The molecule has 1 aliphatic rings. The fourth-order valence-electron chi connectivity index (χ4n) is 4.36. The van der Waals surface area contributed by atoms with Crippen LogP contribution in [0.1, 0.15) is 87.9 Å². The van der Waals surface area contributed by atoms with Crippen molar-refractivity contribution in [1.82, 2.24) is 0 Å². The zero-order chi connectivity index (χ0) is 21.9. The minimum absolute atomic E-state index is 0.00139. The molecule has 1 aromatic carbocycles. The summed E-state index contributed by atoms with van der Waals surface area (Å²) in [6, 6.07) is 8.04. The predicted octanol–water partition coefficient (Wildman–Crippen LogP) is 5.66. The number of unbranched alkanes of at least 4 members (excludes halogenated alkanes) is 3. The summed E-state index contributed by atoms with van der Waals surface area (Å²) in [6.45, 7) is 2.16. The van der Waals surface area contributed by atoms with Crippen LogP contribution < -0.4 is 0 Å². The summed E-state index contributed by atoms with van der Waals surface area (Å²) in [7, 11) is 1.41. The highest BCUT2D eigenvalue weighted by atomic mass is 35.5. The number of methoxy groups -OCH3 is 1. The number of allylic oxidation sites excluding steroid dienone is 2. The lowest BCUT2D eigenvalue weighted by molar-refractivity contribution is -0.140. The first-order valence-electron chi connectivity index (χ1n) is 11.3. The molecule has 5 atom stereocenters. The minimum atomic E-state index is -0.453. The molecule has 2 N–H and O–H groups in total. The van der Waals surface area contributed by atoms with Crippen LogP contribution in [0.5, 0.6) is 0 Å². The third kappa shape index (κ3) is 7.40. The van der Waals surface area contributed by atoms with Gasteiger partial charge in [-0.25, -0.2) is 0 Å². The monoisotopic (exact) mass is 436 g/mol. The summed E-state index contributed by atoms with van der Waals surface area (Å²) < 4.78 is 4.65. The van der Waals surface area contributed by atoms with Gasteiger partial charge in [0.25, 0.3) is 0 Å². The maximum atomic E-state index is 11.2. The number of carbonyl (C=O) groups excluding carboxylic acids is 1. The van der Waals surface area contributed by atoms with Gasteiger partial charge in [0.05, 0.1) is 19.3 Å². The van der Waals surface area contributed by atoms with E-state index in [1.807, 2.05) is 24.3 Å². The van der Waals surface area contributed by atoms with Crippen molar-refractivity contribution >= 4 is 17.6 Å². The molecule has 2 rings (SSSR count). The van der Waals surface area contributed by atoms with Gasteiger partial charge in [-0.05, 0) is 49.1 Å². The Hall–Kier alpha value is -1.36. The third-order valence-electron chi connectivity index (χ3n) is 6.15. The van der Waals surface area contributed by atoms with Crippen LogP contribution in [-0.4, -0.2) is 34.8 Å². The highest BCUT2D eigenvalue weighted by molar-refractivity contribution is 6.21. The Morgan fingerprint density at radius 3 is 2.63 bits per heavy atom. The van der Waals surface area contributed by atoms with Crippen LogP contribution in [0.25, 0.3) is 0 Å². The molecule has 0 aromatic heterocycles. The van der Waals surface area contributed by atoms with Crippen LogP contribution in [0.15, 0.2) is 36.4 Å². The predicted molar refractivity (Wildman–Crippen MR) is 122 cm³/mol. The third-order valence-corrected chi connectivity index (χ3v) is 6.65. The Balaban J connectivity index is 1.94. The molecule has 0 radical (unpaired) electrons. The second-order valence-corrected chi connectivity index (χ2v) is 8.92. The standard InChI is InChI=1S/C25H37ClO4/c1-3-4-7-11-22(27)18-13-15-19(16-14-18)25-20(21(26)17-23(25)28)10-8-5-6-9-12-24(29)30-2/h5,8,13-16,20-23,25,27-28H,3-4,6-7,9-12,17H2,1-2H3/b8-5-/t20?,21?,22?,23-,25?/m1/s1. The van der Waals surface area contributed by atoms with E-state index in [-0.39, 0.29) is 23.2 Å². The fourth-order valence-corrected chi connectivity index (χ4v) is 4.80. The number of hydrogen-bond donors (Lipinski definition) is 2. The lowest BCUT2D eigenvalue weighted by Gasteiger charge is -2.23. The first kappa shape index (κ1) is 24.9. The zero-order valence-corrected chi connectivity index (χ0v) is 19.1. The number of ether oxygens (including phenoxy) is 1. The van der Waals surface area contributed by atoms with Gasteiger partial charge in [0.15, 0.2) is 0 Å². The molecular formula is C25H37ClO4. The SMILES string of the molecule is CCCCCC(O)c1ccc(C2C(C/C=C\CCCC(=O)OC)C(Cl)C[C@H]2O)cc1. The fraction of sp³-hybridized carbons (Fsp3) is 0.640. The number of rotatable bonds is 12. The zero-order valence-electron chi connectivity index (χ0n) is 18.3. The van der Waals surface area contributed by atoms with E-state index in [0.717, 1.165) is 56.1 Å². The summed E-state index contributed by atoms with van der Waals surface area (Å²) in [6.07, 6.45) is 10.8. The number of alkyl halides is 1. The van der Waals surface area contributed by atoms with Crippen LogP contribution in [0.3, 0.4) is 0 Å². The molecular weight excluding hydrogens is 400 g/mol. The van der Waals surface area contributed by atoms with E-state index in [2.05, 4.69) is 23.8 Å². The van der Waals surface area contributed by atoms with Crippen molar-refractivity contribution in [2.75, 3.05) is 7.11 Å². The second-order valence-electron chi connectivity index (χ2n) is 8.36. The lowest BCUT2D eigenvalue weighted by atomic mass is 9.84. The molecule has 0 saturated heterocycles. The van der Waals surface area contributed by atoms with Crippen molar-refractivity contribution in [2.45, 2.75) is 88.2 Å². The average molecular weight is 437 g/mol. The van der Waals surface area contributed by atoms with Crippen LogP contribution >= 0.6 is 11.6 Å². The van der Waals surface area contributed by atoms with Gasteiger partial charge in [-0.15, -0.1) is 11.6 Å². The van der Waals surface area contributed by atoms with Crippen LogP contribution in [-0.2, 0) is 9.53 Å². The van der Waals surface area contributed by atoms with Gasteiger partial charge in [-0.2, -0.15) is 0 Å². The molecule has 0 spiro atoms. The molecule has 5 heteroatoms. The Morgan fingerprint density at radius 2 is 1.97 bits per heavy atom. The maximum Gasteiger partial charge on any atom is 0.305 e. The van der Waals surface area contributed by atoms with E-state index in [0.29, 0.717) is 12.8 Å². The molecule has 30 heavy (non-hydrogen) atoms. The van der Waals surface area contributed by atoms with Crippen molar-refractivity contribution in [3.63, 3.8) is 0 Å². The van der Waals surface area contributed by atoms with Gasteiger partial charge in [0, 0.05) is 17.7 Å². The molecule has 1 aliphatic carbocycles. The summed E-state index contributed by atoms with van der Waals surface area (Å²) in [5.74, 6) is -0.0144. The van der Waals surface area contributed by atoms with Crippen LogP contribution in [0.4, 0.5) is 0 Å². The van der Waals surface area contributed by atoms with Crippen molar-refractivity contribution in [2.24, 2.45) is 5.92 Å². The number of aliphatic hydroxyl groups is 2. The Morgan fingerprint density at radius 1 is 1.23 bits per heavy atom. The van der Waals surface area contributed by atoms with Crippen molar-refractivity contribution in [3.05, 3.63) is 47.5 Å². The van der Waals surface area contributed by atoms with E-state index >= 15 is 0 Å². The average Bonchev–Trinajstić information content (AvgIpc) is 3.03. The number of benzene rings is 1. The number of halogens is 1. The van der Waals surface area contributed by atoms with Gasteiger partial charge >= 0.3 is 5.97 Å². The van der Waals surface area contributed by atoms with E-state index in [1.54, 1.807) is 0 Å². The lowest BCUT2D eigenvalue weighted by Crippen LogP contribution is -2.18. The summed E-state index contributed by atoms with van der Waals surface area (Å²) >= 11 is 6.58. The van der Waals surface area contributed by atoms with E-state index in [4.69, 9.17) is 11.6 Å². The number of carbonyl (C=O) groups is 1. The molecule has 0 heterocycles. The van der Waals surface area contributed by atoms with Crippen molar-refractivity contribution in [1.29, 1.82) is 0 Å².